The highest BCUT2D eigenvalue weighted by molar-refractivity contribution is 4.75. The van der Waals surface area contributed by atoms with Crippen LogP contribution in [-0.2, 0) is 0 Å². The topological polar surface area (TPSA) is 56.0 Å². The lowest BCUT2D eigenvalue weighted by Crippen LogP contribution is -2.51. The third kappa shape index (κ3) is 5.23. The number of rotatable bonds is 6. The summed E-state index contributed by atoms with van der Waals surface area (Å²) in [6.07, 6.45) is 0. The standard InChI is InChI=1S/C11H26N4O/c1-13(2)3-4-14-5-7-15(8-6-14)9-11(12)10-16/h11,16H,3-10,12H2,1-2H3. The molecule has 0 spiro atoms. The lowest BCUT2D eigenvalue weighted by molar-refractivity contribution is 0.112. The van der Waals surface area contributed by atoms with Crippen molar-refractivity contribution < 1.29 is 5.11 Å². The second-order valence-electron chi connectivity index (χ2n) is 4.89. The number of hydrogen-bond donors (Lipinski definition) is 2. The van der Waals surface area contributed by atoms with Crippen LogP contribution in [0.1, 0.15) is 0 Å². The third-order valence-corrected chi connectivity index (χ3v) is 3.06. The molecule has 0 aromatic rings. The summed E-state index contributed by atoms with van der Waals surface area (Å²) in [7, 11) is 4.22. The molecule has 0 bridgehead atoms. The van der Waals surface area contributed by atoms with Crippen molar-refractivity contribution in [3.8, 4) is 0 Å². The Kier molecular flexibility index (Phi) is 6.23. The first-order valence-electron chi connectivity index (χ1n) is 6.07. The predicted octanol–water partition coefficient (Wildman–Crippen LogP) is -1.51. The first kappa shape index (κ1) is 13.9. The van der Waals surface area contributed by atoms with Gasteiger partial charge in [-0.25, -0.2) is 0 Å². The first-order valence-corrected chi connectivity index (χ1v) is 6.07. The first-order chi connectivity index (χ1) is 7.61. The molecule has 1 heterocycles. The summed E-state index contributed by atoms with van der Waals surface area (Å²) in [5.74, 6) is 0. The SMILES string of the molecule is CN(C)CCN1CCN(CC(N)CO)CC1. The maximum Gasteiger partial charge on any atom is 0.0595 e. The average molecular weight is 230 g/mol. The van der Waals surface area contributed by atoms with Crippen molar-refractivity contribution in [1.29, 1.82) is 0 Å². The number of aliphatic hydroxyl groups excluding tert-OH is 1. The van der Waals surface area contributed by atoms with Crippen LogP contribution in [0.25, 0.3) is 0 Å². The summed E-state index contributed by atoms with van der Waals surface area (Å²) < 4.78 is 0. The fourth-order valence-electron chi connectivity index (χ4n) is 1.93. The number of nitrogens with zero attached hydrogens (tertiary/aromatic N) is 3. The molecule has 0 aliphatic carbocycles. The van der Waals surface area contributed by atoms with Crippen LogP contribution in [-0.4, -0.2) is 92.4 Å². The maximum atomic E-state index is 8.90. The average Bonchev–Trinajstić information content (AvgIpc) is 2.28. The smallest absolute Gasteiger partial charge is 0.0595 e. The molecule has 0 aromatic heterocycles. The number of likely N-dealkylation sites (N-methyl/N-ethyl adjacent to an activating group) is 1. The predicted molar refractivity (Wildman–Crippen MR) is 66.5 cm³/mol. The van der Waals surface area contributed by atoms with E-state index >= 15 is 0 Å². The fourth-order valence-corrected chi connectivity index (χ4v) is 1.93. The highest BCUT2D eigenvalue weighted by Crippen LogP contribution is 2.01. The number of nitrogens with two attached hydrogens (primary N) is 1. The fraction of sp³-hybridized carbons (Fsp3) is 1.00. The van der Waals surface area contributed by atoms with Gasteiger partial charge in [0, 0.05) is 51.9 Å². The summed E-state index contributed by atoms with van der Waals surface area (Å²) in [5, 5.41) is 8.90. The van der Waals surface area contributed by atoms with Gasteiger partial charge < -0.3 is 15.7 Å². The quantitative estimate of drug-likeness (QED) is 0.581. The molecule has 1 unspecified atom stereocenters. The highest BCUT2D eigenvalue weighted by Gasteiger charge is 2.17. The van der Waals surface area contributed by atoms with Gasteiger partial charge in [-0.15, -0.1) is 0 Å². The van der Waals surface area contributed by atoms with Crippen LogP contribution in [0.5, 0.6) is 0 Å². The van der Waals surface area contributed by atoms with E-state index in [0.29, 0.717) is 0 Å². The molecule has 1 aliphatic heterocycles. The summed E-state index contributed by atoms with van der Waals surface area (Å²) in [6, 6.07) is -0.0895. The number of hydrogen-bond acceptors (Lipinski definition) is 5. The molecule has 0 amide bonds. The van der Waals surface area contributed by atoms with Crippen LogP contribution < -0.4 is 5.73 Å². The number of aliphatic hydroxyl groups is 1. The van der Waals surface area contributed by atoms with E-state index in [2.05, 4.69) is 28.8 Å². The van der Waals surface area contributed by atoms with Crippen molar-refractivity contribution in [2.24, 2.45) is 5.73 Å². The Morgan fingerprint density at radius 1 is 1.19 bits per heavy atom. The molecule has 1 atom stereocenters. The molecule has 0 aromatic carbocycles. The van der Waals surface area contributed by atoms with E-state index in [9.17, 15) is 0 Å². The largest absolute Gasteiger partial charge is 0.395 e. The van der Waals surface area contributed by atoms with E-state index < -0.39 is 0 Å². The van der Waals surface area contributed by atoms with Gasteiger partial charge in [-0.05, 0) is 14.1 Å². The minimum Gasteiger partial charge on any atom is -0.395 e. The van der Waals surface area contributed by atoms with Crippen molar-refractivity contribution in [1.82, 2.24) is 14.7 Å². The van der Waals surface area contributed by atoms with E-state index in [1.54, 1.807) is 0 Å². The second-order valence-corrected chi connectivity index (χ2v) is 4.89. The van der Waals surface area contributed by atoms with Crippen LogP contribution in [0.3, 0.4) is 0 Å². The minimum atomic E-state index is -0.0895. The lowest BCUT2D eigenvalue weighted by Gasteiger charge is -2.36. The summed E-state index contributed by atoms with van der Waals surface area (Å²) in [6.45, 7) is 7.54. The van der Waals surface area contributed by atoms with Gasteiger partial charge in [0.25, 0.3) is 0 Å². The van der Waals surface area contributed by atoms with E-state index in [-0.39, 0.29) is 12.6 Å². The van der Waals surface area contributed by atoms with E-state index in [4.69, 9.17) is 10.8 Å². The Morgan fingerprint density at radius 2 is 1.75 bits per heavy atom. The van der Waals surface area contributed by atoms with Gasteiger partial charge >= 0.3 is 0 Å². The molecule has 0 radical (unpaired) electrons. The second kappa shape index (κ2) is 7.19. The molecule has 1 rings (SSSR count). The van der Waals surface area contributed by atoms with Crippen molar-refractivity contribution in [2.75, 3.05) is 66.5 Å². The van der Waals surface area contributed by atoms with Crippen LogP contribution in [0.2, 0.25) is 0 Å². The van der Waals surface area contributed by atoms with Crippen LogP contribution in [0.15, 0.2) is 0 Å². The van der Waals surface area contributed by atoms with E-state index in [1.807, 2.05) is 0 Å². The molecule has 3 N–H and O–H groups in total. The Hall–Kier alpha value is -0.200. The zero-order valence-corrected chi connectivity index (χ0v) is 10.6. The molecular weight excluding hydrogens is 204 g/mol. The van der Waals surface area contributed by atoms with Gasteiger partial charge in [0.15, 0.2) is 0 Å². The third-order valence-electron chi connectivity index (χ3n) is 3.06. The van der Waals surface area contributed by atoms with Crippen molar-refractivity contribution >= 4 is 0 Å². The monoisotopic (exact) mass is 230 g/mol. The Labute approximate surface area is 98.8 Å². The molecule has 1 fully saturated rings. The molecule has 16 heavy (non-hydrogen) atoms. The summed E-state index contributed by atoms with van der Waals surface area (Å²) >= 11 is 0. The van der Waals surface area contributed by atoms with Crippen molar-refractivity contribution in [2.45, 2.75) is 6.04 Å². The van der Waals surface area contributed by atoms with Gasteiger partial charge in [0.1, 0.15) is 0 Å². The minimum absolute atomic E-state index is 0.0842. The lowest BCUT2D eigenvalue weighted by atomic mass is 10.2. The van der Waals surface area contributed by atoms with Gasteiger partial charge in [-0.2, -0.15) is 0 Å². The normalized spacial score (nSPS) is 21.6. The maximum absolute atomic E-state index is 8.90. The van der Waals surface area contributed by atoms with Crippen molar-refractivity contribution in [3.63, 3.8) is 0 Å². The van der Waals surface area contributed by atoms with Crippen LogP contribution in [0.4, 0.5) is 0 Å². The van der Waals surface area contributed by atoms with Gasteiger partial charge in [-0.3, -0.25) is 9.80 Å². The Morgan fingerprint density at radius 3 is 2.25 bits per heavy atom. The molecular formula is C11H26N4O. The Balaban J connectivity index is 2.13. The van der Waals surface area contributed by atoms with Gasteiger partial charge in [-0.1, -0.05) is 0 Å². The van der Waals surface area contributed by atoms with E-state index in [0.717, 1.165) is 45.8 Å². The molecule has 5 heteroatoms. The van der Waals surface area contributed by atoms with Crippen LogP contribution in [0, 0.1) is 0 Å². The summed E-state index contributed by atoms with van der Waals surface area (Å²) in [4.78, 5) is 7.04. The van der Waals surface area contributed by atoms with E-state index in [1.165, 1.54) is 0 Å². The molecule has 96 valence electrons. The van der Waals surface area contributed by atoms with Gasteiger partial charge in [0.05, 0.1) is 6.61 Å². The zero-order valence-electron chi connectivity index (χ0n) is 10.6. The molecule has 0 saturated carbocycles. The van der Waals surface area contributed by atoms with Crippen LogP contribution >= 0.6 is 0 Å². The Bertz CT molecular complexity index is 181. The molecule has 1 aliphatic rings. The molecule has 5 nitrogen and oxygen atoms in total. The van der Waals surface area contributed by atoms with Gasteiger partial charge in [0.2, 0.25) is 0 Å². The highest BCUT2D eigenvalue weighted by atomic mass is 16.3. The zero-order chi connectivity index (χ0) is 12.0. The number of piperazine rings is 1. The molecule has 1 saturated heterocycles. The summed E-state index contributed by atoms with van der Waals surface area (Å²) in [5.41, 5.74) is 5.72. The van der Waals surface area contributed by atoms with Crippen molar-refractivity contribution in [3.05, 3.63) is 0 Å².